The molecule has 0 saturated carbocycles. The molecule has 2 heteroatoms. The highest BCUT2D eigenvalue weighted by Crippen LogP contribution is 2.03. The Morgan fingerprint density at radius 2 is 1.86 bits per heavy atom. The fourth-order valence-electron chi connectivity index (χ4n) is 1.36. The van der Waals surface area contributed by atoms with Crippen LogP contribution in [-0.4, -0.2) is 17.8 Å². The van der Waals surface area contributed by atoms with E-state index in [2.05, 4.69) is 31.3 Å². The molecule has 0 heterocycles. The van der Waals surface area contributed by atoms with Crippen molar-refractivity contribution in [2.75, 3.05) is 6.61 Å². The summed E-state index contributed by atoms with van der Waals surface area (Å²) in [7, 11) is 0. The van der Waals surface area contributed by atoms with Gasteiger partial charge in [-0.3, -0.25) is 0 Å². The molecular formula is C12H19NO. The molecule has 0 saturated heterocycles. The largest absolute Gasteiger partial charge is 0.395 e. The van der Waals surface area contributed by atoms with E-state index in [0.717, 1.165) is 6.54 Å². The lowest BCUT2D eigenvalue weighted by atomic mass is 10.1. The maximum atomic E-state index is 9.11. The first-order valence-corrected chi connectivity index (χ1v) is 5.12. The third-order valence-electron chi connectivity index (χ3n) is 2.41. The van der Waals surface area contributed by atoms with E-state index in [1.54, 1.807) is 0 Å². The zero-order chi connectivity index (χ0) is 10.4. The molecule has 14 heavy (non-hydrogen) atoms. The van der Waals surface area contributed by atoms with E-state index in [4.69, 9.17) is 5.11 Å². The van der Waals surface area contributed by atoms with Crippen LogP contribution in [0.25, 0.3) is 0 Å². The van der Waals surface area contributed by atoms with Crippen molar-refractivity contribution in [1.29, 1.82) is 0 Å². The Kier molecular flexibility index (Phi) is 4.63. The van der Waals surface area contributed by atoms with Gasteiger partial charge in [0, 0.05) is 12.6 Å². The normalized spacial score (nSPS) is 13.1. The van der Waals surface area contributed by atoms with Crippen LogP contribution in [0.1, 0.15) is 19.4 Å². The van der Waals surface area contributed by atoms with Gasteiger partial charge < -0.3 is 10.4 Å². The summed E-state index contributed by atoms with van der Waals surface area (Å²) in [6.45, 7) is 5.24. The number of hydrogen-bond acceptors (Lipinski definition) is 2. The summed E-state index contributed by atoms with van der Waals surface area (Å²) in [5.74, 6) is 0.462. The molecule has 1 aromatic carbocycles. The van der Waals surface area contributed by atoms with Gasteiger partial charge >= 0.3 is 0 Å². The van der Waals surface area contributed by atoms with Gasteiger partial charge in [-0.25, -0.2) is 0 Å². The number of hydrogen-bond donors (Lipinski definition) is 2. The quantitative estimate of drug-likeness (QED) is 0.747. The van der Waals surface area contributed by atoms with E-state index in [1.807, 2.05) is 18.2 Å². The van der Waals surface area contributed by atoms with Crippen LogP contribution < -0.4 is 5.32 Å². The lowest BCUT2D eigenvalue weighted by Crippen LogP contribution is -2.36. The van der Waals surface area contributed by atoms with Crippen molar-refractivity contribution in [2.45, 2.75) is 26.4 Å². The summed E-state index contributed by atoms with van der Waals surface area (Å²) < 4.78 is 0. The number of rotatable bonds is 5. The van der Waals surface area contributed by atoms with E-state index >= 15 is 0 Å². The lowest BCUT2D eigenvalue weighted by molar-refractivity contribution is 0.210. The van der Waals surface area contributed by atoms with Crippen LogP contribution >= 0.6 is 0 Å². The van der Waals surface area contributed by atoms with Crippen molar-refractivity contribution in [3.05, 3.63) is 35.9 Å². The fraction of sp³-hybridized carbons (Fsp3) is 0.500. The minimum Gasteiger partial charge on any atom is -0.395 e. The minimum absolute atomic E-state index is 0.190. The highest BCUT2D eigenvalue weighted by atomic mass is 16.3. The second-order valence-electron chi connectivity index (χ2n) is 3.90. The smallest absolute Gasteiger partial charge is 0.0587 e. The van der Waals surface area contributed by atoms with E-state index < -0.39 is 0 Å². The average Bonchev–Trinajstić information content (AvgIpc) is 2.20. The molecule has 2 nitrogen and oxygen atoms in total. The molecule has 2 N–H and O–H groups in total. The van der Waals surface area contributed by atoms with E-state index in [0.29, 0.717) is 5.92 Å². The zero-order valence-electron chi connectivity index (χ0n) is 8.90. The van der Waals surface area contributed by atoms with Gasteiger partial charge in [-0.1, -0.05) is 44.2 Å². The van der Waals surface area contributed by atoms with E-state index in [1.165, 1.54) is 5.56 Å². The van der Waals surface area contributed by atoms with Crippen molar-refractivity contribution in [2.24, 2.45) is 5.92 Å². The number of benzene rings is 1. The summed E-state index contributed by atoms with van der Waals surface area (Å²) in [4.78, 5) is 0. The molecule has 1 rings (SSSR count). The Bertz CT molecular complexity index is 246. The second kappa shape index (κ2) is 5.78. The highest BCUT2D eigenvalue weighted by molar-refractivity contribution is 5.14. The lowest BCUT2D eigenvalue weighted by Gasteiger charge is -2.19. The van der Waals surface area contributed by atoms with Crippen molar-refractivity contribution >= 4 is 0 Å². The first-order chi connectivity index (χ1) is 6.74. The zero-order valence-corrected chi connectivity index (χ0v) is 8.90. The Labute approximate surface area is 86.0 Å². The predicted octanol–water partition coefficient (Wildman–Crippen LogP) is 1.79. The van der Waals surface area contributed by atoms with Crippen molar-refractivity contribution in [1.82, 2.24) is 5.32 Å². The van der Waals surface area contributed by atoms with Gasteiger partial charge in [-0.15, -0.1) is 0 Å². The molecule has 0 aromatic heterocycles. The van der Waals surface area contributed by atoms with Crippen LogP contribution in [-0.2, 0) is 6.54 Å². The van der Waals surface area contributed by atoms with Gasteiger partial charge in [-0.05, 0) is 11.5 Å². The molecule has 0 fully saturated rings. The average molecular weight is 193 g/mol. The Balaban J connectivity index is 2.40. The molecule has 0 spiro atoms. The topological polar surface area (TPSA) is 32.3 Å². The van der Waals surface area contributed by atoms with Crippen molar-refractivity contribution < 1.29 is 5.11 Å². The Hall–Kier alpha value is -0.860. The molecule has 0 bridgehead atoms. The molecular weight excluding hydrogens is 174 g/mol. The SMILES string of the molecule is CC(C)[C@@H](CO)NCc1ccccc1. The third-order valence-corrected chi connectivity index (χ3v) is 2.41. The molecule has 0 aliphatic heterocycles. The summed E-state index contributed by atoms with van der Waals surface area (Å²) >= 11 is 0. The molecule has 1 atom stereocenters. The third kappa shape index (κ3) is 3.48. The summed E-state index contributed by atoms with van der Waals surface area (Å²) in [5, 5.41) is 12.4. The monoisotopic (exact) mass is 193 g/mol. The van der Waals surface area contributed by atoms with Gasteiger partial charge in [0.15, 0.2) is 0 Å². The van der Waals surface area contributed by atoms with Crippen LogP contribution in [0.15, 0.2) is 30.3 Å². The van der Waals surface area contributed by atoms with Crippen LogP contribution in [0.4, 0.5) is 0 Å². The van der Waals surface area contributed by atoms with Gasteiger partial charge in [0.2, 0.25) is 0 Å². The molecule has 0 unspecified atom stereocenters. The molecule has 0 radical (unpaired) electrons. The van der Waals surface area contributed by atoms with Gasteiger partial charge in [-0.2, -0.15) is 0 Å². The predicted molar refractivity (Wildman–Crippen MR) is 59.0 cm³/mol. The summed E-state index contributed by atoms with van der Waals surface area (Å²) in [5.41, 5.74) is 1.26. The first kappa shape index (κ1) is 11.2. The molecule has 0 aliphatic rings. The number of nitrogens with one attached hydrogen (secondary N) is 1. The summed E-state index contributed by atoms with van der Waals surface area (Å²) in [6.07, 6.45) is 0. The van der Waals surface area contributed by atoms with E-state index in [-0.39, 0.29) is 12.6 Å². The van der Waals surface area contributed by atoms with Gasteiger partial charge in [0.25, 0.3) is 0 Å². The maximum Gasteiger partial charge on any atom is 0.0587 e. The Morgan fingerprint density at radius 3 is 2.36 bits per heavy atom. The summed E-state index contributed by atoms with van der Waals surface area (Å²) in [6, 6.07) is 10.4. The molecule has 0 aliphatic carbocycles. The van der Waals surface area contributed by atoms with Crippen LogP contribution in [0, 0.1) is 5.92 Å². The maximum absolute atomic E-state index is 9.11. The van der Waals surface area contributed by atoms with Gasteiger partial charge in [0.1, 0.15) is 0 Å². The number of aliphatic hydroxyl groups is 1. The van der Waals surface area contributed by atoms with Gasteiger partial charge in [0.05, 0.1) is 6.61 Å². The first-order valence-electron chi connectivity index (χ1n) is 5.12. The minimum atomic E-state index is 0.190. The standard InChI is InChI=1S/C12H19NO/c1-10(2)12(9-14)13-8-11-6-4-3-5-7-11/h3-7,10,12-14H,8-9H2,1-2H3/t12-/m1/s1. The second-order valence-corrected chi connectivity index (χ2v) is 3.90. The Morgan fingerprint density at radius 1 is 1.21 bits per heavy atom. The molecule has 0 amide bonds. The highest BCUT2D eigenvalue weighted by Gasteiger charge is 2.10. The van der Waals surface area contributed by atoms with Crippen molar-refractivity contribution in [3.8, 4) is 0 Å². The fourth-order valence-corrected chi connectivity index (χ4v) is 1.36. The molecule has 1 aromatic rings. The van der Waals surface area contributed by atoms with Crippen LogP contribution in [0.2, 0.25) is 0 Å². The van der Waals surface area contributed by atoms with Crippen LogP contribution in [0.3, 0.4) is 0 Å². The molecule has 78 valence electrons. The van der Waals surface area contributed by atoms with E-state index in [9.17, 15) is 0 Å². The van der Waals surface area contributed by atoms with Crippen LogP contribution in [0.5, 0.6) is 0 Å². The number of aliphatic hydroxyl groups excluding tert-OH is 1. The van der Waals surface area contributed by atoms with Crippen molar-refractivity contribution in [3.63, 3.8) is 0 Å².